The highest BCUT2D eigenvalue weighted by atomic mass is 16.7. The smallest absolute Gasteiger partial charge is 0.346 e. The number of methoxy groups -OCH3 is 3. The molecule has 0 amide bonds. The molecule has 10 unspecified atom stereocenters. The van der Waals surface area contributed by atoms with E-state index in [9.17, 15) is 57.5 Å². The molecule has 8 saturated carbocycles. The lowest BCUT2D eigenvalue weighted by molar-refractivity contribution is -0.179. The molecule has 9 aliphatic rings. The van der Waals surface area contributed by atoms with Gasteiger partial charge in [0.05, 0.1) is 58.6 Å². The summed E-state index contributed by atoms with van der Waals surface area (Å²) in [7, 11) is 4.28. The topological polar surface area (TPSA) is 380 Å². The van der Waals surface area contributed by atoms with E-state index in [0.717, 1.165) is 51.4 Å². The van der Waals surface area contributed by atoms with Crippen molar-refractivity contribution in [1.29, 1.82) is 0 Å². The van der Waals surface area contributed by atoms with Crippen LogP contribution in [0.1, 0.15) is 318 Å². The molecule has 31 heteroatoms. The molecule has 6 bridgehead atoms. The van der Waals surface area contributed by atoms with Crippen molar-refractivity contribution >= 4 is 71.6 Å². The number of esters is 12. The minimum absolute atomic E-state index is 0.00984. The van der Waals surface area contributed by atoms with Crippen molar-refractivity contribution in [3.8, 4) is 5.75 Å². The van der Waals surface area contributed by atoms with Crippen LogP contribution < -0.4 is 4.74 Å². The predicted molar refractivity (Wildman–Crippen MR) is 477 cm³/mol. The third-order valence-electron chi connectivity index (χ3n) is 26.7. The maximum absolute atomic E-state index is 12.9. The third-order valence-corrected chi connectivity index (χ3v) is 26.7. The molecule has 10 atom stereocenters. The normalized spacial score (nSPS) is 22.8. The zero-order chi connectivity index (χ0) is 97.0. The summed E-state index contributed by atoms with van der Waals surface area (Å²) >= 11 is 0. The van der Waals surface area contributed by atoms with Gasteiger partial charge in [0.15, 0.2) is 72.6 Å². The lowest BCUT2D eigenvalue weighted by Crippen LogP contribution is -2.46. The van der Waals surface area contributed by atoms with Crippen LogP contribution in [0.25, 0.3) is 0 Å². The molecule has 10 rings (SSSR count). The van der Waals surface area contributed by atoms with Gasteiger partial charge in [0, 0.05) is 33.0 Å². The van der Waals surface area contributed by atoms with Crippen LogP contribution in [0.5, 0.6) is 5.75 Å². The molecule has 1 saturated heterocycles. The first-order chi connectivity index (χ1) is 60.7. The first-order valence-corrected chi connectivity index (χ1v) is 46.9. The van der Waals surface area contributed by atoms with E-state index in [1.54, 1.807) is 80.1 Å². The number of ether oxygens (including phenoxy) is 19. The summed E-state index contributed by atoms with van der Waals surface area (Å²) in [6.07, 6.45) is 25.6. The monoisotopic (exact) mass is 1840 g/mol. The van der Waals surface area contributed by atoms with Crippen molar-refractivity contribution in [2.75, 3.05) is 88.5 Å². The van der Waals surface area contributed by atoms with Crippen LogP contribution in [0.4, 0.5) is 0 Å². The maximum Gasteiger partial charge on any atom is 0.346 e. The maximum atomic E-state index is 12.9. The lowest BCUT2D eigenvalue weighted by atomic mass is 9.71. The van der Waals surface area contributed by atoms with Gasteiger partial charge in [0.2, 0.25) is 0 Å². The minimum Gasteiger partial charge on any atom is -0.482 e. The number of fused-ring (bicyclic) bond motifs is 10. The Balaban J connectivity index is 0.000000392. The van der Waals surface area contributed by atoms with Crippen molar-refractivity contribution in [2.24, 2.45) is 79.8 Å². The molecular formula is C98H162O31. The van der Waals surface area contributed by atoms with Gasteiger partial charge in [-0.25, -0.2) is 19.2 Å². The number of hydrogen-bond acceptors (Lipinski definition) is 31. The van der Waals surface area contributed by atoms with E-state index < -0.39 is 87.0 Å². The minimum atomic E-state index is -1.26. The molecular weight excluding hydrogens is 1670 g/mol. The Morgan fingerprint density at radius 1 is 0.419 bits per heavy atom. The van der Waals surface area contributed by atoms with E-state index >= 15 is 0 Å². The quantitative estimate of drug-likeness (QED) is 0.0194. The van der Waals surface area contributed by atoms with Crippen molar-refractivity contribution in [2.45, 2.75) is 349 Å². The highest BCUT2D eigenvalue weighted by Gasteiger charge is 2.75. The Kier molecular flexibility index (Phi) is 51.8. The second-order valence-corrected chi connectivity index (χ2v) is 38.6. The Morgan fingerprint density at radius 2 is 0.783 bits per heavy atom. The second-order valence-electron chi connectivity index (χ2n) is 38.6. The first-order valence-electron chi connectivity index (χ1n) is 46.9. The fourth-order valence-corrected chi connectivity index (χ4v) is 16.4. The Labute approximate surface area is 768 Å². The lowest BCUT2D eigenvalue weighted by Gasteiger charge is -2.34. The number of rotatable bonds is 39. The average molecular weight is 1840 g/mol. The largest absolute Gasteiger partial charge is 0.482 e. The van der Waals surface area contributed by atoms with Crippen LogP contribution in [-0.2, 0) is 143 Å². The Hall–Kier alpha value is -7.58. The molecule has 740 valence electrons. The van der Waals surface area contributed by atoms with Crippen LogP contribution in [0, 0.1) is 79.8 Å². The van der Waals surface area contributed by atoms with Gasteiger partial charge in [-0.3, -0.25) is 38.4 Å². The summed E-state index contributed by atoms with van der Waals surface area (Å²) in [5, 5.41) is 0. The van der Waals surface area contributed by atoms with E-state index in [-0.39, 0.29) is 133 Å². The molecule has 1 aromatic rings. The van der Waals surface area contributed by atoms with Gasteiger partial charge in [-0.15, -0.1) is 0 Å². The van der Waals surface area contributed by atoms with Crippen molar-refractivity contribution in [3.05, 3.63) is 29.8 Å². The van der Waals surface area contributed by atoms with Gasteiger partial charge in [-0.1, -0.05) is 99.1 Å². The average Bonchev–Trinajstić information content (AvgIpc) is 1.52. The summed E-state index contributed by atoms with van der Waals surface area (Å²) in [5.74, 6) is 2.91. The molecule has 0 radical (unpaired) electrons. The molecule has 1 aromatic carbocycles. The van der Waals surface area contributed by atoms with E-state index in [4.69, 9.17) is 66.3 Å². The molecule has 0 spiro atoms. The fourth-order valence-electron chi connectivity index (χ4n) is 16.4. The van der Waals surface area contributed by atoms with Gasteiger partial charge >= 0.3 is 71.6 Å². The molecule has 31 nitrogen and oxygen atoms in total. The SMILES string of the molecule is C1CC2CC1C1C3CCC(C3)C21.CCC(C)(C)C(=O)OC.CCC(C)(C)C(=O)OC1C2CC3C1OC(=O)C3(C(=O)OCOC1CCCCC1)C2.CCC(C)(C)C(=O)OCC(=O)OCOC.CCC(C)(C)C(=O)OCC(=O)OCOC(C)C.CCC(C)(C)C(=O)OCC(=O)OCOC1CCCCC1.CCC(C)c1ccc(OCC(=O)OCOC(C)C)cc1.COCOC(C)=O. The molecule has 9 fully saturated rings. The van der Waals surface area contributed by atoms with Gasteiger partial charge in [0.25, 0.3) is 0 Å². The predicted octanol–water partition coefficient (Wildman–Crippen LogP) is 17.3. The van der Waals surface area contributed by atoms with E-state index in [0.29, 0.717) is 50.2 Å². The fraction of sp³-hybridized carbons (Fsp3) is 0.816. The number of hydrogen-bond donors (Lipinski definition) is 0. The molecule has 1 heterocycles. The molecule has 129 heavy (non-hydrogen) atoms. The Morgan fingerprint density at radius 3 is 1.14 bits per heavy atom. The van der Waals surface area contributed by atoms with Crippen LogP contribution >= 0.6 is 0 Å². The van der Waals surface area contributed by atoms with Crippen molar-refractivity contribution in [3.63, 3.8) is 0 Å². The zero-order valence-electron chi connectivity index (χ0n) is 82.7. The summed E-state index contributed by atoms with van der Waals surface area (Å²) in [6.45, 7) is 39.1. The Bertz CT molecular complexity index is 3510. The first kappa shape index (κ1) is 116. The standard InChI is InChI=1S/C22H32O7.C16H24O4.C15H26O5.C12H22O5.C12H18.C10H18O5.C7H14O2.C4H8O3/c1-4-21(2,3)18(23)28-16-13-10-15-17(16)29-20(25)22(15,11-13)19(24)27-12-26-14-8-6-5-7-9-14;1-5-13(4)14-6-8-15(9-7-14)18-10-16(17)20-11-19-12(2)3;1-4-15(2,3)14(17)18-10-13(16)20-11-19-12-8-6-5-7-9-12;1-6-12(4,5)11(14)15-7-10(13)17-8-16-9(2)3;1-2-8-5-7(1)11-9-3-4-10(6-9)12(8)11;1-5-10(2,3)9(12)14-6-8(11)15-7-13-4;1-5-7(2,3)6(8)9-4;1-4(5)7-3-6-2/h13-17H,4-12H2,1-3H3;6-9,12-13H,5,10-11H2,1-4H3;12H,4-11H2,1-3H3;9H,6-8H2,1-5H3;7-12H,1-6H2;5-7H2,1-4H3;5H2,1-4H3;3H2,1-2H3. The molecule has 1 aliphatic heterocycles. The second kappa shape index (κ2) is 57.8. The van der Waals surface area contributed by atoms with Crippen molar-refractivity contribution < 1.29 is 148 Å². The highest BCUT2D eigenvalue weighted by Crippen LogP contribution is 2.67. The highest BCUT2D eigenvalue weighted by molar-refractivity contribution is 6.03. The van der Waals surface area contributed by atoms with E-state index in [1.807, 2.05) is 114 Å². The molecule has 0 aromatic heterocycles. The van der Waals surface area contributed by atoms with Crippen LogP contribution in [-0.4, -0.2) is 197 Å². The number of carbonyl (C=O) groups is 12. The zero-order valence-corrected chi connectivity index (χ0v) is 82.7. The van der Waals surface area contributed by atoms with Crippen LogP contribution in [0.15, 0.2) is 24.3 Å². The summed E-state index contributed by atoms with van der Waals surface area (Å²) in [4.78, 5) is 138. The van der Waals surface area contributed by atoms with Gasteiger partial charge < -0.3 is 90.0 Å². The molecule has 0 N–H and O–H groups in total. The van der Waals surface area contributed by atoms with Gasteiger partial charge in [0.1, 0.15) is 18.0 Å². The number of benzene rings is 1. The number of carbonyl (C=O) groups excluding carboxylic acids is 12. The van der Waals surface area contributed by atoms with Crippen LogP contribution in [0.2, 0.25) is 0 Å². The van der Waals surface area contributed by atoms with Crippen LogP contribution in [0.3, 0.4) is 0 Å². The third kappa shape index (κ3) is 38.9. The summed E-state index contributed by atoms with van der Waals surface area (Å²) in [6, 6.07) is 7.80. The summed E-state index contributed by atoms with van der Waals surface area (Å²) in [5.41, 5.74) is -2.59. The summed E-state index contributed by atoms with van der Waals surface area (Å²) < 4.78 is 94.8. The van der Waals surface area contributed by atoms with Gasteiger partial charge in [-0.2, -0.15) is 0 Å². The van der Waals surface area contributed by atoms with E-state index in [2.05, 4.69) is 37.5 Å². The van der Waals surface area contributed by atoms with Gasteiger partial charge in [-0.05, 0) is 272 Å². The van der Waals surface area contributed by atoms with E-state index in [1.165, 1.54) is 95.0 Å². The van der Waals surface area contributed by atoms with Crippen molar-refractivity contribution in [1.82, 2.24) is 0 Å². The molecule has 8 aliphatic carbocycles.